The van der Waals surface area contributed by atoms with Crippen molar-refractivity contribution in [2.24, 2.45) is 0 Å². The molecule has 1 unspecified atom stereocenters. The average Bonchev–Trinajstić information content (AvgIpc) is 2.33. The van der Waals surface area contributed by atoms with E-state index in [1.165, 1.54) is 11.6 Å². The Hall–Kier alpha value is -1.42. The van der Waals surface area contributed by atoms with Gasteiger partial charge in [-0.05, 0) is 53.9 Å². The van der Waals surface area contributed by atoms with Gasteiger partial charge in [-0.1, -0.05) is 23.8 Å². The predicted octanol–water partition coefficient (Wildman–Crippen LogP) is 5.52. The zero-order valence-corrected chi connectivity index (χ0v) is 13.2. The summed E-state index contributed by atoms with van der Waals surface area (Å²) in [5, 5.41) is 3.09. The Balaban J connectivity index is 2.30. The average molecular weight is 340 g/mol. The topological polar surface area (TPSA) is 12.0 Å². The summed E-state index contributed by atoms with van der Waals surface area (Å²) in [7, 11) is 0. The van der Waals surface area contributed by atoms with E-state index in [1.54, 1.807) is 0 Å². The Morgan fingerprint density at radius 3 is 2.40 bits per heavy atom. The highest BCUT2D eigenvalue weighted by atomic mass is 79.9. The second-order valence-electron chi connectivity index (χ2n) is 4.97. The second kappa shape index (κ2) is 5.92. The van der Waals surface area contributed by atoms with Crippen molar-refractivity contribution in [2.45, 2.75) is 26.8 Å². The van der Waals surface area contributed by atoms with Gasteiger partial charge in [0.25, 0.3) is 0 Å². The number of anilines is 1. The minimum Gasteiger partial charge on any atom is -0.375 e. The van der Waals surface area contributed by atoms with E-state index in [0.717, 1.165) is 17.2 Å². The number of hydrogen-bond donors (Lipinski definition) is 1. The standard InChI is InChI=1S/C16H16BrF2N/c1-9-4-5-13(10(2)6-9)11(3)20-16-14(17)7-12(18)8-15(16)19/h4-8,11,20H,1-3H3. The Labute approximate surface area is 126 Å². The highest BCUT2D eigenvalue weighted by Crippen LogP contribution is 2.31. The SMILES string of the molecule is Cc1ccc(C(C)Nc2c(F)cc(F)cc2Br)c(C)c1. The van der Waals surface area contributed by atoms with Gasteiger partial charge in [0.05, 0.1) is 5.69 Å². The summed E-state index contributed by atoms with van der Waals surface area (Å²) in [4.78, 5) is 0. The van der Waals surface area contributed by atoms with Gasteiger partial charge in [-0.25, -0.2) is 8.78 Å². The molecule has 1 atom stereocenters. The van der Waals surface area contributed by atoms with Crippen LogP contribution in [0.15, 0.2) is 34.8 Å². The highest BCUT2D eigenvalue weighted by molar-refractivity contribution is 9.10. The molecule has 0 fully saturated rings. The van der Waals surface area contributed by atoms with Gasteiger partial charge in [-0.3, -0.25) is 0 Å². The molecule has 20 heavy (non-hydrogen) atoms. The largest absolute Gasteiger partial charge is 0.375 e. The minimum atomic E-state index is -0.603. The van der Waals surface area contributed by atoms with Crippen LogP contribution in [0.2, 0.25) is 0 Å². The van der Waals surface area contributed by atoms with Crippen LogP contribution in [-0.2, 0) is 0 Å². The van der Waals surface area contributed by atoms with Crippen molar-refractivity contribution < 1.29 is 8.78 Å². The molecule has 4 heteroatoms. The Kier molecular flexibility index (Phi) is 4.43. The van der Waals surface area contributed by atoms with Gasteiger partial charge in [0.15, 0.2) is 0 Å². The first kappa shape index (κ1) is 15.0. The molecule has 2 aromatic rings. The molecule has 0 heterocycles. The van der Waals surface area contributed by atoms with Crippen LogP contribution in [-0.4, -0.2) is 0 Å². The zero-order valence-electron chi connectivity index (χ0n) is 11.6. The van der Waals surface area contributed by atoms with Gasteiger partial charge in [0, 0.05) is 16.6 Å². The van der Waals surface area contributed by atoms with Gasteiger partial charge in [-0.2, -0.15) is 0 Å². The molecule has 0 aliphatic rings. The van der Waals surface area contributed by atoms with Crippen LogP contribution < -0.4 is 5.32 Å². The molecule has 0 saturated carbocycles. The van der Waals surface area contributed by atoms with Crippen LogP contribution in [0.4, 0.5) is 14.5 Å². The third kappa shape index (κ3) is 3.18. The van der Waals surface area contributed by atoms with E-state index in [9.17, 15) is 8.78 Å². The molecule has 0 aromatic heterocycles. The summed E-state index contributed by atoms with van der Waals surface area (Å²) in [5.74, 6) is -1.20. The van der Waals surface area contributed by atoms with E-state index in [4.69, 9.17) is 0 Å². The number of hydrogen-bond acceptors (Lipinski definition) is 1. The normalized spacial score (nSPS) is 12.3. The van der Waals surface area contributed by atoms with Crippen LogP contribution in [0.1, 0.15) is 29.7 Å². The lowest BCUT2D eigenvalue weighted by Crippen LogP contribution is -2.10. The first-order valence-corrected chi connectivity index (χ1v) is 7.16. The van der Waals surface area contributed by atoms with Crippen LogP contribution >= 0.6 is 15.9 Å². The molecule has 0 bridgehead atoms. The van der Waals surface area contributed by atoms with E-state index >= 15 is 0 Å². The number of rotatable bonds is 3. The van der Waals surface area contributed by atoms with E-state index in [1.807, 2.05) is 32.9 Å². The van der Waals surface area contributed by atoms with Crippen molar-refractivity contribution in [3.63, 3.8) is 0 Å². The first-order valence-electron chi connectivity index (χ1n) is 6.36. The lowest BCUT2D eigenvalue weighted by atomic mass is 10.00. The molecule has 2 aromatic carbocycles. The van der Waals surface area contributed by atoms with E-state index in [0.29, 0.717) is 4.47 Å². The molecule has 2 rings (SSSR count). The lowest BCUT2D eigenvalue weighted by Gasteiger charge is -2.19. The fourth-order valence-electron chi connectivity index (χ4n) is 2.29. The fraction of sp³-hybridized carbons (Fsp3) is 0.250. The van der Waals surface area contributed by atoms with Crippen molar-refractivity contribution in [1.29, 1.82) is 0 Å². The maximum Gasteiger partial charge on any atom is 0.150 e. The maximum atomic E-state index is 13.8. The fourth-order valence-corrected chi connectivity index (χ4v) is 2.81. The summed E-state index contributed by atoms with van der Waals surface area (Å²) in [6.45, 7) is 6.01. The molecule has 0 spiro atoms. The Morgan fingerprint density at radius 2 is 1.80 bits per heavy atom. The summed E-state index contributed by atoms with van der Waals surface area (Å²) < 4.78 is 27.3. The van der Waals surface area contributed by atoms with Gasteiger partial charge < -0.3 is 5.32 Å². The van der Waals surface area contributed by atoms with Crippen LogP contribution in [0.3, 0.4) is 0 Å². The van der Waals surface area contributed by atoms with Crippen molar-refractivity contribution >= 4 is 21.6 Å². The summed E-state index contributed by atoms with van der Waals surface area (Å²) in [6.07, 6.45) is 0. The highest BCUT2D eigenvalue weighted by Gasteiger charge is 2.14. The Bertz CT molecular complexity index is 617. The molecular formula is C16H16BrF2N. The summed E-state index contributed by atoms with van der Waals surface area (Å²) in [5.41, 5.74) is 3.70. The van der Waals surface area contributed by atoms with Crippen LogP contribution in [0.5, 0.6) is 0 Å². The molecule has 0 radical (unpaired) electrons. The first-order chi connectivity index (χ1) is 9.38. The Morgan fingerprint density at radius 1 is 1.10 bits per heavy atom. The molecule has 1 nitrogen and oxygen atoms in total. The molecule has 106 valence electrons. The number of nitrogens with one attached hydrogen (secondary N) is 1. The van der Waals surface area contributed by atoms with Crippen molar-refractivity contribution in [3.05, 3.63) is 63.1 Å². The second-order valence-corrected chi connectivity index (χ2v) is 5.82. The summed E-state index contributed by atoms with van der Waals surface area (Å²) in [6, 6.07) is 8.19. The quantitative estimate of drug-likeness (QED) is 0.776. The minimum absolute atomic E-state index is 0.0770. The zero-order chi connectivity index (χ0) is 14.9. The van der Waals surface area contributed by atoms with Gasteiger partial charge >= 0.3 is 0 Å². The third-order valence-electron chi connectivity index (χ3n) is 3.26. The van der Waals surface area contributed by atoms with Crippen molar-refractivity contribution in [2.75, 3.05) is 5.32 Å². The predicted molar refractivity (Wildman–Crippen MR) is 82.0 cm³/mol. The third-order valence-corrected chi connectivity index (χ3v) is 3.88. The molecule has 0 aliphatic heterocycles. The summed E-state index contributed by atoms with van der Waals surface area (Å²) >= 11 is 3.19. The number of benzene rings is 2. The maximum absolute atomic E-state index is 13.8. The van der Waals surface area contributed by atoms with Crippen molar-refractivity contribution in [3.8, 4) is 0 Å². The molecule has 0 aliphatic carbocycles. The molecule has 0 amide bonds. The number of aryl methyl sites for hydroxylation is 2. The van der Waals surface area contributed by atoms with Gasteiger partial charge in [0.2, 0.25) is 0 Å². The number of halogens is 3. The monoisotopic (exact) mass is 339 g/mol. The lowest BCUT2D eigenvalue weighted by molar-refractivity contribution is 0.582. The molecule has 1 N–H and O–H groups in total. The van der Waals surface area contributed by atoms with E-state index in [2.05, 4.69) is 27.3 Å². The van der Waals surface area contributed by atoms with Gasteiger partial charge in [0.1, 0.15) is 11.6 Å². The van der Waals surface area contributed by atoms with Crippen LogP contribution in [0, 0.1) is 25.5 Å². The van der Waals surface area contributed by atoms with Crippen molar-refractivity contribution in [1.82, 2.24) is 0 Å². The van der Waals surface area contributed by atoms with E-state index < -0.39 is 11.6 Å². The van der Waals surface area contributed by atoms with E-state index in [-0.39, 0.29) is 11.7 Å². The molecule has 0 saturated heterocycles. The molecular weight excluding hydrogens is 324 g/mol. The van der Waals surface area contributed by atoms with Crippen LogP contribution in [0.25, 0.3) is 0 Å². The van der Waals surface area contributed by atoms with Gasteiger partial charge in [-0.15, -0.1) is 0 Å². The smallest absolute Gasteiger partial charge is 0.150 e.